The molecule has 4 N–H and O–H groups in total. The molecular formula is C20H20N4O4. The lowest BCUT2D eigenvalue weighted by Crippen LogP contribution is -2.48. The first-order chi connectivity index (χ1) is 13.5. The van der Waals surface area contributed by atoms with Crippen LogP contribution >= 0.6 is 0 Å². The van der Waals surface area contributed by atoms with Crippen molar-refractivity contribution >= 4 is 29.9 Å². The number of guanidine groups is 1. The molecule has 8 heteroatoms. The number of aliphatic imine (C=N–C) groups is 1. The van der Waals surface area contributed by atoms with Crippen molar-refractivity contribution in [1.82, 2.24) is 16.0 Å². The number of nitrogens with one attached hydrogen (secondary N) is 3. The van der Waals surface area contributed by atoms with Crippen LogP contribution in [0.5, 0.6) is 0 Å². The Morgan fingerprint density at radius 3 is 2.21 bits per heavy atom. The largest absolute Gasteiger partial charge is 0.480 e. The summed E-state index contributed by atoms with van der Waals surface area (Å²) in [7, 11) is 0. The molecule has 0 unspecified atom stereocenters. The van der Waals surface area contributed by atoms with Gasteiger partial charge in [-0.3, -0.25) is 20.2 Å². The van der Waals surface area contributed by atoms with Gasteiger partial charge in [0.25, 0.3) is 5.91 Å². The Hall–Kier alpha value is -3.94. The second-order valence-electron chi connectivity index (χ2n) is 5.59. The van der Waals surface area contributed by atoms with E-state index >= 15 is 0 Å². The second kappa shape index (κ2) is 10.9. The first kappa shape index (κ1) is 20.4. The molecule has 28 heavy (non-hydrogen) atoms. The molecular weight excluding hydrogens is 360 g/mol. The Balaban J connectivity index is 2.03. The van der Waals surface area contributed by atoms with Gasteiger partial charge in [-0.05, 0) is 17.2 Å². The molecule has 0 aliphatic carbocycles. The third-order valence-electron chi connectivity index (χ3n) is 3.36. The fourth-order valence-electron chi connectivity index (χ4n) is 2.07. The van der Waals surface area contributed by atoms with Crippen molar-refractivity contribution in [1.29, 1.82) is 0 Å². The van der Waals surface area contributed by atoms with Crippen molar-refractivity contribution in [2.45, 2.75) is 6.54 Å². The number of carbonyl (C=O) groups is 3. The highest BCUT2D eigenvalue weighted by Crippen LogP contribution is 2.01. The normalized spacial score (nSPS) is 11.1. The molecule has 0 saturated carbocycles. The first-order valence-corrected chi connectivity index (χ1v) is 8.42. The molecule has 0 aliphatic heterocycles. The molecule has 2 aromatic rings. The average Bonchev–Trinajstić information content (AvgIpc) is 2.70. The van der Waals surface area contributed by atoms with Gasteiger partial charge in [0.05, 0.1) is 6.54 Å². The summed E-state index contributed by atoms with van der Waals surface area (Å²) in [6.45, 7) is -0.336. The smallest absolute Gasteiger partial charge is 0.323 e. The van der Waals surface area contributed by atoms with Crippen molar-refractivity contribution in [3.05, 3.63) is 77.9 Å². The van der Waals surface area contributed by atoms with Crippen LogP contribution in [0.1, 0.15) is 11.1 Å². The summed E-state index contributed by atoms with van der Waals surface area (Å²) in [6, 6.07) is 17.7. The minimum atomic E-state index is -1.19. The monoisotopic (exact) mass is 380 g/mol. The average molecular weight is 380 g/mol. The zero-order valence-electron chi connectivity index (χ0n) is 15.0. The standard InChI is InChI=1S/C20H20N4O4/c25-17(12-11-15-7-3-1-4-8-15)23-19(24-20(28)22-14-18(26)27)21-13-16-9-5-2-6-10-16/h1-12H,13-14H2,(H,26,27)(H3,21,22,23,24,25,28)/b12-11+. The number of carbonyl (C=O) groups excluding carboxylic acids is 2. The number of amides is 3. The van der Waals surface area contributed by atoms with Crippen molar-refractivity contribution in [3.63, 3.8) is 0 Å². The predicted molar refractivity (Wildman–Crippen MR) is 105 cm³/mol. The van der Waals surface area contributed by atoms with E-state index in [2.05, 4.69) is 20.9 Å². The van der Waals surface area contributed by atoms with Gasteiger partial charge in [-0.25, -0.2) is 9.79 Å². The zero-order valence-corrected chi connectivity index (χ0v) is 15.0. The lowest BCUT2D eigenvalue weighted by atomic mass is 10.2. The number of aliphatic carboxylic acids is 1. The molecule has 2 aromatic carbocycles. The SMILES string of the molecule is O=C(O)CNC(=O)NC(=NCc1ccccc1)NC(=O)/C=C/c1ccccc1. The van der Waals surface area contributed by atoms with Crippen LogP contribution in [0.15, 0.2) is 71.7 Å². The summed E-state index contributed by atoms with van der Waals surface area (Å²) in [5, 5.41) is 15.6. The molecule has 3 amide bonds. The van der Waals surface area contributed by atoms with E-state index in [9.17, 15) is 14.4 Å². The van der Waals surface area contributed by atoms with Crippen LogP contribution in [0.4, 0.5) is 4.79 Å². The van der Waals surface area contributed by atoms with E-state index in [0.29, 0.717) is 0 Å². The van der Waals surface area contributed by atoms with Crippen LogP contribution in [0.2, 0.25) is 0 Å². The van der Waals surface area contributed by atoms with Gasteiger partial charge in [-0.1, -0.05) is 60.7 Å². The van der Waals surface area contributed by atoms with Crippen LogP contribution in [0.25, 0.3) is 6.08 Å². The van der Waals surface area contributed by atoms with E-state index in [4.69, 9.17) is 5.11 Å². The van der Waals surface area contributed by atoms with Crippen LogP contribution in [0.3, 0.4) is 0 Å². The van der Waals surface area contributed by atoms with E-state index in [1.807, 2.05) is 60.7 Å². The number of rotatable bonds is 6. The molecule has 0 spiro atoms. The molecule has 0 bridgehead atoms. The summed E-state index contributed by atoms with van der Waals surface area (Å²) in [6.07, 6.45) is 2.93. The van der Waals surface area contributed by atoms with Crippen LogP contribution < -0.4 is 16.0 Å². The molecule has 0 saturated heterocycles. The quantitative estimate of drug-likeness (QED) is 0.347. The maximum absolute atomic E-state index is 12.1. The fraction of sp³-hybridized carbons (Fsp3) is 0.100. The fourth-order valence-corrected chi connectivity index (χ4v) is 2.07. The maximum Gasteiger partial charge on any atom is 0.323 e. The summed E-state index contributed by atoms with van der Waals surface area (Å²) >= 11 is 0. The van der Waals surface area contributed by atoms with E-state index in [-0.39, 0.29) is 12.5 Å². The van der Waals surface area contributed by atoms with Gasteiger partial charge >= 0.3 is 12.0 Å². The van der Waals surface area contributed by atoms with Crippen molar-refractivity contribution in [3.8, 4) is 0 Å². The van der Waals surface area contributed by atoms with Gasteiger partial charge < -0.3 is 10.4 Å². The molecule has 2 rings (SSSR count). The van der Waals surface area contributed by atoms with E-state index in [1.54, 1.807) is 6.08 Å². The van der Waals surface area contributed by atoms with Crippen molar-refractivity contribution in [2.24, 2.45) is 4.99 Å². The minimum absolute atomic E-state index is 0.0885. The number of hydrogen-bond acceptors (Lipinski definition) is 4. The van der Waals surface area contributed by atoms with E-state index in [0.717, 1.165) is 11.1 Å². The van der Waals surface area contributed by atoms with E-state index in [1.165, 1.54) is 6.08 Å². The molecule has 0 aromatic heterocycles. The Morgan fingerprint density at radius 1 is 0.929 bits per heavy atom. The third-order valence-corrected chi connectivity index (χ3v) is 3.36. The molecule has 8 nitrogen and oxygen atoms in total. The number of hydrogen-bond donors (Lipinski definition) is 4. The lowest BCUT2D eigenvalue weighted by Gasteiger charge is -2.10. The van der Waals surface area contributed by atoms with Crippen molar-refractivity contribution < 1.29 is 19.5 Å². The highest BCUT2D eigenvalue weighted by molar-refractivity contribution is 6.08. The van der Waals surface area contributed by atoms with Gasteiger partial charge in [0, 0.05) is 6.08 Å². The summed E-state index contributed by atoms with van der Waals surface area (Å²) < 4.78 is 0. The second-order valence-corrected chi connectivity index (χ2v) is 5.59. The molecule has 0 heterocycles. The number of carboxylic acids is 1. The van der Waals surface area contributed by atoms with E-state index < -0.39 is 24.5 Å². The lowest BCUT2D eigenvalue weighted by molar-refractivity contribution is -0.135. The highest BCUT2D eigenvalue weighted by Gasteiger charge is 2.09. The number of urea groups is 1. The van der Waals surface area contributed by atoms with Gasteiger partial charge in [-0.15, -0.1) is 0 Å². The minimum Gasteiger partial charge on any atom is -0.480 e. The Bertz CT molecular complexity index is 864. The summed E-state index contributed by atoms with van der Waals surface area (Å²) in [4.78, 5) is 38.7. The predicted octanol–water partition coefficient (Wildman–Crippen LogP) is 1.76. The van der Waals surface area contributed by atoms with Crippen LogP contribution in [0, 0.1) is 0 Å². The topological polar surface area (TPSA) is 120 Å². The highest BCUT2D eigenvalue weighted by atomic mass is 16.4. The third kappa shape index (κ3) is 7.96. The Kier molecular flexibility index (Phi) is 7.94. The maximum atomic E-state index is 12.1. The molecule has 0 aliphatic rings. The molecule has 0 fully saturated rings. The van der Waals surface area contributed by atoms with Gasteiger partial charge in [0.15, 0.2) is 0 Å². The molecule has 0 radical (unpaired) electrons. The van der Waals surface area contributed by atoms with Crippen LogP contribution in [-0.4, -0.2) is 35.5 Å². The number of benzene rings is 2. The number of carboxylic acid groups (broad SMARTS) is 1. The van der Waals surface area contributed by atoms with Gasteiger partial charge in [0.2, 0.25) is 5.96 Å². The Labute approximate surface area is 162 Å². The van der Waals surface area contributed by atoms with Crippen LogP contribution in [-0.2, 0) is 16.1 Å². The molecule has 144 valence electrons. The summed E-state index contributed by atoms with van der Waals surface area (Å²) in [5.41, 5.74) is 1.72. The Morgan fingerprint density at radius 2 is 1.57 bits per heavy atom. The molecule has 0 atom stereocenters. The first-order valence-electron chi connectivity index (χ1n) is 8.42. The zero-order chi connectivity index (χ0) is 20.2. The van der Waals surface area contributed by atoms with Gasteiger partial charge in [0.1, 0.15) is 6.54 Å². The summed E-state index contributed by atoms with van der Waals surface area (Å²) in [5.74, 6) is -1.77. The van der Waals surface area contributed by atoms with Crippen molar-refractivity contribution in [2.75, 3.05) is 6.54 Å². The van der Waals surface area contributed by atoms with Gasteiger partial charge in [-0.2, -0.15) is 0 Å². The number of nitrogens with zero attached hydrogens (tertiary/aromatic N) is 1.